The molecule has 0 aliphatic carbocycles. The number of halogens is 1. The Morgan fingerprint density at radius 3 is 1.56 bits per heavy atom. The highest BCUT2D eigenvalue weighted by Crippen LogP contribution is 2.53. The second kappa shape index (κ2) is 46.1. The molecule has 0 aromatic carbocycles. The van der Waals surface area contributed by atoms with E-state index in [9.17, 15) is 4.79 Å². The van der Waals surface area contributed by atoms with Crippen molar-refractivity contribution in [1.82, 2.24) is 0 Å². The quantitative estimate of drug-likeness (QED) is 0.0339. The molecular weight excluding hydrogens is 1720 g/mol. The number of esters is 2. The van der Waals surface area contributed by atoms with Crippen LogP contribution in [0.15, 0.2) is 58.7 Å². The van der Waals surface area contributed by atoms with Gasteiger partial charge in [0.25, 0.3) is 0 Å². The molecule has 5 aliphatic rings. The zero-order valence-electron chi connectivity index (χ0n) is 87.4. The van der Waals surface area contributed by atoms with E-state index >= 15 is 4.79 Å². The zero-order chi connectivity index (χ0) is 96.4. The summed E-state index contributed by atoms with van der Waals surface area (Å²) in [6.07, 6.45) is 1.20. The van der Waals surface area contributed by atoms with Crippen LogP contribution in [-0.2, 0) is 102 Å². The van der Waals surface area contributed by atoms with Crippen molar-refractivity contribution in [2.24, 2.45) is 17.8 Å². The zero-order valence-corrected chi connectivity index (χ0v) is 94.1. The third-order valence-corrected chi connectivity index (χ3v) is 57.8. The van der Waals surface area contributed by atoms with E-state index in [4.69, 9.17) is 104 Å². The van der Waals surface area contributed by atoms with Gasteiger partial charge >= 0.3 is 11.9 Å². The second-order valence-corrected chi connectivity index (χ2v) is 74.1. The van der Waals surface area contributed by atoms with Gasteiger partial charge in [0.15, 0.2) is 74.9 Å². The number of hydrogen-bond acceptors (Lipinski definition) is 22. The summed E-state index contributed by atoms with van der Waals surface area (Å²) in [5, 5.41) is -0.812. The monoisotopic (exact) mass is 1900 g/mol. The van der Waals surface area contributed by atoms with Gasteiger partial charge in [0.2, 0.25) is 5.79 Å². The maximum atomic E-state index is 15.8. The van der Waals surface area contributed by atoms with Crippen molar-refractivity contribution in [2.45, 2.75) is 482 Å². The van der Waals surface area contributed by atoms with Gasteiger partial charge in [-0.2, -0.15) is 0 Å². The molecule has 25 atom stereocenters. The molecule has 0 N–H and O–H groups in total. The van der Waals surface area contributed by atoms with Crippen LogP contribution < -0.4 is 0 Å². The summed E-state index contributed by atoms with van der Waals surface area (Å²) in [6.45, 7) is 85.2. The molecule has 29 heteroatoms. The van der Waals surface area contributed by atoms with Crippen molar-refractivity contribution < 1.29 is 102 Å². The highest BCUT2D eigenvalue weighted by molar-refractivity contribution is 6.76. The molecule has 0 unspecified atom stereocenters. The Bertz CT molecular complexity index is 3560. The molecule has 4 fully saturated rings. The summed E-state index contributed by atoms with van der Waals surface area (Å²) in [6, 6.07) is 2.70. The van der Waals surface area contributed by atoms with Crippen molar-refractivity contribution in [3.8, 4) is 0 Å². The number of hydrogen-bond donors (Lipinski definition) is 0. The number of allylic oxidation sites excluding steroid dienone is 7. The van der Waals surface area contributed by atoms with Gasteiger partial charge in [-0.3, -0.25) is 4.79 Å². The van der Waals surface area contributed by atoms with E-state index in [0.717, 1.165) is 34.9 Å². The van der Waals surface area contributed by atoms with Crippen LogP contribution in [0.3, 0.4) is 0 Å². The minimum atomic E-state index is -2.73. The first kappa shape index (κ1) is 115. The summed E-state index contributed by atoms with van der Waals surface area (Å²) in [7, 11) is -6.72. The number of alkyl halides is 1. The fourth-order valence-electron chi connectivity index (χ4n) is 17.1. The van der Waals surface area contributed by atoms with Crippen LogP contribution in [-0.4, -0.2) is 244 Å². The third kappa shape index (κ3) is 29.3. The molecule has 22 nitrogen and oxygen atoms in total. The molecule has 126 heavy (non-hydrogen) atoms. The highest BCUT2D eigenvalue weighted by atomic mass is 35.5. The molecule has 0 aromatic heterocycles. The maximum Gasteiger partial charge on any atom is 0.334 e. The fourth-order valence-corrected chi connectivity index (χ4v) is 27.1. The topological polar surface area (TPSA) is 219 Å². The van der Waals surface area contributed by atoms with Crippen molar-refractivity contribution in [2.75, 3.05) is 48.0 Å². The molecule has 0 spiro atoms. The Hall–Kier alpha value is -1.49. The lowest BCUT2D eigenvalue weighted by molar-refractivity contribution is -0.373. The minimum absolute atomic E-state index is 0.0222. The minimum Gasteiger partial charge on any atom is -0.455 e. The highest BCUT2D eigenvalue weighted by Gasteiger charge is 2.64. The molecule has 5 rings (SSSR count). The van der Waals surface area contributed by atoms with E-state index in [1.807, 2.05) is 46.8 Å². The largest absolute Gasteiger partial charge is 0.455 e. The molecule has 0 aromatic rings. The van der Waals surface area contributed by atoms with Crippen LogP contribution in [0, 0.1) is 17.8 Å². The smallest absolute Gasteiger partial charge is 0.334 e. The summed E-state index contributed by atoms with van der Waals surface area (Å²) in [5.41, 5.74) is 2.04. The Morgan fingerprint density at radius 2 is 1.07 bits per heavy atom. The summed E-state index contributed by atoms with van der Waals surface area (Å²) in [5.74, 6) is -5.29. The lowest BCUT2D eigenvalue weighted by atomic mass is 9.75. The van der Waals surface area contributed by atoms with E-state index in [1.165, 1.54) is 0 Å². The average molecular weight is 1910 g/mol. The van der Waals surface area contributed by atoms with E-state index in [0.29, 0.717) is 25.7 Å². The lowest BCUT2D eigenvalue weighted by Gasteiger charge is -2.56. The van der Waals surface area contributed by atoms with Gasteiger partial charge in [-0.1, -0.05) is 192 Å². The molecule has 0 amide bonds. The van der Waals surface area contributed by atoms with Gasteiger partial charge in [-0.15, -0.1) is 11.6 Å². The molecular formula is C97H183ClO22Si6. The molecule has 0 bridgehead atoms. The standard InChI is InChI=1S/C97H183ClO22Si6/c1-45-126(46-2,47-3)120-96(29)59-81(107-71(13)87(96)113-80-58-77(103-32)83(69(11)106-80)117-123(39,40)93(20,21)22)109-72(61-101-30)56-75-67(9)82(116-122(37,38)92(17,18)19)68(10)97(105-34,114-75)88(112-79(99)60-98)78-57-76(102-31)74(115-121(35,36)91(14,15)16)50-48-49-62(4)51-52-73(65(7)54-63(5)53-64(6)55-66(8)89(100)110-78)111-90-86(119-125(43,44)95(26,27)28)85(84(104-33)70(12)108-90)118-124(41,42)94(23,24)25/h49,51-55,65,67-78,80-88,90H,45-48,50,56-61H2,1-44H3/b52-51+,62-49+,63-54+,64-53+,66-55?/t65-,67+,68-,69-,70+,71+,72-,73-,74+,75-,76+,77-,78+,80+,81+,82+,83-,84+,85-,86+,87+,88-,90+,96+,97-/m1/s1. The van der Waals surface area contributed by atoms with E-state index in [1.54, 1.807) is 42.5 Å². The van der Waals surface area contributed by atoms with Gasteiger partial charge in [-0.05, 0) is 183 Å². The normalized spacial score (nSPS) is 34.8. The van der Waals surface area contributed by atoms with Crippen LogP contribution >= 0.6 is 11.6 Å². The van der Waals surface area contributed by atoms with Gasteiger partial charge in [-0.25, -0.2) is 4.79 Å². The van der Waals surface area contributed by atoms with Crippen LogP contribution in [0.25, 0.3) is 0 Å². The van der Waals surface area contributed by atoms with Crippen LogP contribution in [0.2, 0.25) is 109 Å². The third-order valence-electron chi connectivity index (χ3n) is 30.4. The number of methoxy groups -OCH3 is 5. The lowest BCUT2D eigenvalue weighted by Crippen LogP contribution is -2.69. The number of rotatable bonds is 33. The Morgan fingerprint density at radius 1 is 0.571 bits per heavy atom. The summed E-state index contributed by atoms with van der Waals surface area (Å²) < 4.78 is 143. The first-order valence-corrected chi connectivity index (χ1v) is 64.9. The molecule has 4 saturated heterocycles. The van der Waals surface area contributed by atoms with Crippen LogP contribution in [0.4, 0.5) is 0 Å². The molecule has 0 saturated carbocycles. The molecule has 0 radical (unpaired) electrons. The van der Waals surface area contributed by atoms with Crippen molar-refractivity contribution in [1.29, 1.82) is 0 Å². The molecule has 734 valence electrons. The molecule has 5 heterocycles. The fraction of sp³-hybridized carbons (Fsp3) is 0.876. The SMILES string of the molecule is CC[Si](CC)(CC)O[C@@]1(C)C[C@H](O[C@@H](COC)C[C@H]2O[C@@](OC)([C@H](OC(=O)CCl)[C@@H]3C[C@H](OC)[C@@H](O[Si](C)(C)C(C)(C)C)CC/C=C(C)/C=C/[C@@H](O[C@@H]4O[C@@H](C)[C@H](OC)[C@@H](O[Si](C)(C)C(C)(C)C)[C@@H]4O[Si](C)(C)C(C)(C)C)[C@H](C)/C=C(C)/C=C(\C)C=C(C)C(=O)O3)[C@H](C)[C@@H](O[Si](C)(C)C(C)(C)C)[C@H]2C)O[C@@H](C)[C@@H]1O[C@H]1C[C@@H](OC)[C@H](O[Si](C)(C)C(C)(C)C)[C@@H](C)O1. The van der Waals surface area contributed by atoms with Gasteiger partial charge in [0.1, 0.15) is 36.4 Å². The maximum absolute atomic E-state index is 15.8. The van der Waals surface area contributed by atoms with Crippen LogP contribution in [0.1, 0.15) is 239 Å². The van der Waals surface area contributed by atoms with E-state index in [2.05, 4.69) is 249 Å². The molecule has 5 aliphatic heterocycles. The van der Waals surface area contributed by atoms with Crippen molar-refractivity contribution in [3.05, 3.63) is 58.7 Å². The Labute approximate surface area is 777 Å². The summed E-state index contributed by atoms with van der Waals surface area (Å²) in [4.78, 5) is 30.6. The number of ether oxygens (including phenoxy) is 14. The van der Waals surface area contributed by atoms with Crippen LogP contribution in [0.5, 0.6) is 0 Å². The Balaban J connectivity index is 1.74. The predicted molar refractivity (Wildman–Crippen MR) is 523 cm³/mol. The summed E-state index contributed by atoms with van der Waals surface area (Å²) >= 11 is 6.66. The van der Waals surface area contributed by atoms with E-state index in [-0.39, 0.29) is 80.4 Å². The second-order valence-electron chi connectivity index (χ2n) is 45.3. The van der Waals surface area contributed by atoms with E-state index < -0.39 is 189 Å². The first-order chi connectivity index (χ1) is 57.6. The number of cyclic esters (lactones) is 1. The first-order valence-electron chi connectivity index (χ1n) is 47.3. The predicted octanol–water partition coefficient (Wildman–Crippen LogP) is 23.2. The van der Waals surface area contributed by atoms with Crippen molar-refractivity contribution >= 4 is 73.4 Å². The van der Waals surface area contributed by atoms with Crippen molar-refractivity contribution in [3.63, 3.8) is 0 Å². The van der Waals surface area contributed by atoms with Gasteiger partial charge in [0, 0.05) is 84.6 Å². The van der Waals surface area contributed by atoms with Gasteiger partial charge in [0.05, 0.1) is 79.4 Å². The average Bonchev–Trinajstić information content (AvgIpc) is 0.743. The Kier molecular flexibility index (Phi) is 42.1. The number of carbonyl (C=O) groups is 2. The number of carbonyl (C=O) groups excluding carboxylic acids is 2. The van der Waals surface area contributed by atoms with Gasteiger partial charge < -0.3 is 92.9 Å².